The average Bonchev–Trinajstić information content (AvgIpc) is 2.95. The van der Waals surface area contributed by atoms with Crippen LogP contribution in [0.3, 0.4) is 0 Å². The number of ether oxygens (including phenoxy) is 1. The van der Waals surface area contributed by atoms with Gasteiger partial charge in [0.25, 0.3) is 5.69 Å². The van der Waals surface area contributed by atoms with E-state index < -0.39 is 16.8 Å². The summed E-state index contributed by atoms with van der Waals surface area (Å²) < 4.78 is 6.72. The lowest BCUT2D eigenvalue weighted by Crippen LogP contribution is -2.24. The number of nitro groups is 1. The number of nitrogens with one attached hydrogen (secondary N) is 1. The maximum absolute atomic E-state index is 12.5. The van der Waals surface area contributed by atoms with E-state index in [1.165, 1.54) is 19.2 Å². The molecule has 0 bridgehead atoms. The zero-order chi connectivity index (χ0) is 19.0. The number of esters is 1. The lowest BCUT2D eigenvalue weighted by Gasteiger charge is -2.28. The number of carbonyl (C=O) groups is 1. The third-order valence-electron chi connectivity index (χ3n) is 4.60. The van der Waals surface area contributed by atoms with Crippen molar-refractivity contribution < 1.29 is 14.5 Å². The van der Waals surface area contributed by atoms with Gasteiger partial charge in [0.05, 0.1) is 23.3 Å². The molecule has 0 saturated carbocycles. The van der Waals surface area contributed by atoms with Gasteiger partial charge in [0.15, 0.2) is 0 Å². The number of methoxy groups -OCH3 is 1. The van der Waals surface area contributed by atoms with Gasteiger partial charge >= 0.3 is 5.97 Å². The van der Waals surface area contributed by atoms with Gasteiger partial charge < -0.3 is 10.1 Å². The molecule has 1 unspecified atom stereocenters. The quantitative estimate of drug-likeness (QED) is 0.514. The number of non-ortho nitro benzene ring substituents is 1. The van der Waals surface area contributed by atoms with Crippen LogP contribution >= 0.6 is 0 Å². The second kappa shape index (κ2) is 6.62. The molecule has 1 aliphatic rings. The van der Waals surface area contributed by atoms with Gasteiger partial charge in [0, 0.05) is 36.4 Å². The van der Waals surface area contributed by atoms with E-state index in [9.17, 15) is 14.9 Å². The molecule has 0 spiro atoms. The highest BCUT2D eigenvalue weighted by Gasteiger charge is 2.37. The third-order valence-corrected chi connectivity index (χ3v) is 4.60. The zero-order valence-electron chi connectivity index (χ0n) is 15.1. The largest absolute Gasteiger partial charge is 0.466 e. The smallest absolute Gasteiger partial charge is 0.336 e. The van der Waals surface area contributed by atoms with Gasteiger partial charge in [-0.1, -0.05) is 19.1 Å². The van der Waals surface area contributed by atoms with Crippen LogP contribution in [-0.4, -0.2) is 27.8 Å². The van der Waals surface area contributed by atoms with E-state index in [1.54, 1.807) is 23.7 Å². The zero-order valence-corrected chi connectivity index (χ0v) is 15.1. The van der Waals surface area contributed by atoms with E-state index in [0.29, 0.717) is 23.3 Å². The Kier molecular flexibility index (Phi) is 4.50. The first-order valence-corrected chi connectivity index (χ1v) is 8.25. The monoisotopic (exact) mass is 356 g/mol. The van der Waals surface area contributed by atoms with Gasteiger partial charge in [-0.3, -0.25) is 14.8 Å². The number of hydrogen-bond donors (Lipinski definition) is 1. The summed E-state index contributed by atoms with van der Waals surface area (Å²) in [5.74, 6) is -0.172. The van der Waals surface area contributed by atoms with Gasteiger partial charge in [-0.05, 0) is 18.9 Å². The lowest BCUT2D eigenvalue weighted by molar-refractivity contribution is -0.384. The van der Waals surface area contributed by atoms with Crippen LogP contribution in [0.15, 0.2) is 35.5 Å². The lowest BCUT2D eigenvalue weighted by atomic mass is 9.81. The van der Waals surface area contributed by atoms with E-state index in [1.807, 2.05) is 14.0 Å². The van der Waals surface area contributed by atoms with Crippen LogP contribution in [-0.2, 0) is 23.0 Å². The normalized spacial score (nSPS) is 16.1. The Morgan fingerprint density at radius 3 is 2.81 bits per heavy atom. The van der Waals surface area contributed by atoms with Crippen molar-refractivity contribution in [2.75, 3.05) is 12.4 Å². The molecule has 0 amide bonds. The molecule has 0 aliphatic carbocycles. The van der Waals surface area contributed by atoms with Crippen molar-refractivity contribution >= 4 is 17.5 Å². The molecule has 1 aromatic carbocycles. The van der Waals surface area contributed by atoms with Crippen LogP contribution in [0.4, 0.5) is 11.5 Å². The fraction of sp³-hybridized carbons (Fsp3) is 0.333. The minimum Gasteiger partial charge on any atom is -0.466 e. The minimum atomic E-state index is -0.484. The average molecular weight is 356 g/mol. The van der Waals surface area contributed by atoms with E-state index >= 15 is 0 Å². The van der Waals surface area contributed by atoms with Crippen molar-refractivity contribution in [2.24, 2.45) is 7.05 Å². The van der Waals surface area contributed by atoms with Crippen LogP contribution in [0.5, 0.6) is 0 Å². The highest BCUT2D eigenvalue weighted by Crippen LogP contribution is 2.44. The molecule has 2 heterocycles. The number of anilines is 1. The molecule has 2 aromatic rings. The fourth-order valence-electron chi connectivity index (χ4n) is 3.45. The van der Waals surface area contributed by atoms with Gasteiger partial charge in [0.1, 0.15) is 5.82 Å². The molecular weight excluding hydrogens is 336 g/mol. The molecule has 8 heteroatoms. The van der Waals surface area contributed by atoms with E-state index in [2.05, 4.69) is 10.4 Å². The van der Waals surface area contributed by atoms with Gasteiger partial charge in [0.2, 0.25) is 0 Å². The summed E-state index contributed by atoms with van der Waals surface area (Å²) in [5.41, 5.74) is 3.40. The van der Waals surface area contributed by atoms with Crippen molar-refractivity contribution in [3.63, 3.8) is 0 Å². The van der Waals surface area contributed by atoms with Gasteiger partial charge in [-0.25, -0.2) is 4.79 Å². The summed E-state index contributed by atoms with van der Waals surface area (Å²) >= 11 is 0. The van der Waals surface area contributed by atoms with Crippen LogP contribution in [0.25, 0.3) is 0 Å². The predicted octanol–water partition coefficient (Wildman–Crippen LogP) is 2.90. The number of hydrogen-bond acceptors (Lipinski definition) is 6. The summed E-state index contributed by atoms with van der Waals surface area (Å²) in [5, 5.41) is 19.0. The molecule has 0 fully saturated rings. The van der Waals surface area contributed by atoms with Crippen molar-refractivity contribution in [2.45, 2.75) is 26.2 Å². The van der Waals surface area contributed by atoms with Gasteiger partial charge in [-0.2, -0.15) is 5.10 Å². The molecule has 1 N–H and O–H groups in total. The fourth-order valence-corrected chi connectivity index (χ4v) is 3.45. The number of benzene rings is 1. The molecule has 1 aromatic heterocycles. The topological polar surface area (TPSA) is 99.3 Å². The Bertz CT molecular complexity index is 929. The molecule has 3 rings (SSSR count). The first kappa shape index (κ1) is 17.7. The maximum Gasteiger partial charge on any atom is 0.336 e. The SMILES string of the molecule is CCc1nn(C)c2c1C(c1cccc([N+](=O)[O-])c1)C(C(=O)OC)=C(C)N2. The summed E-state index contributed by atoms with van der Waals surface area (Å²) in [6, 6.07) is 6.35. The van der Waals surface area contributed by atoms with Crippen LogP contribution < -0.4 is 5.32 Å². The second-order valence-corrected chi connectivity index (χ2v) is 6.13. The molecular formula is C18H20N4O4. The summed E-state index contributed by atoms with van der Waals surface area (Å²) in [7, 11) is 3.15. The molecule has 1 aliphatic heterocycles. The van der Waals surface area contributed by atoms with Crippen molar-refractivity contribution in [3.8, 4) is 0 Å². The number of carbonyl (C=O) groups excluding carboxylic acids is 1. The number of rotatable bonds is 4. The number of nitro benzene ring substituents is 1. The Morgan fingerprint density at radius 2 is 2.19 bits per heavy atom. The highest BCUT2D eigenvalue weighted by atomic mass is 16.6. The Labute approximate surface area is 150 Å². The Hall–Kier alpha value is -3.16. The first-order chi connectivity index (χ1) is 12.4. The van der Waals surface area contributed by atoms with E-state index in [0.717, 1.165) is 17.1 Å². The summed E-state index contributed by atoms with van der Waals surface area (Å²) in [4.78, 5) is 23.3. The number of allylic oxidation sites excluding steroid dienone is 1. The number of aromatic nitrogens is 2. The minimum absolute atomic E-state index is 0.0219. The standard InChI is InChI=1S/C18H20N4O4/c1-5-13-16-15(11-7-6-8-12(9-11)22(24)25)14(18(23)26-4)10(2)19-17(16)21(3)20-13/h6-9,15,19H,5H2,1-4H3. The Morgan fingerprint density at radius 1 is 1.46 bits per heavy atom. The molecule has 136 valence electrons. The first-order valence-electron chi connectivity index (χ1n) is 8.25. The predicted molar refractivity (Wildman–Crippen MR) is 95.9 cm³/mol. The highest BCUT2D eigenvalue weighted by molar-refractivity contribution is 5.94. The summed E-state index contributed by atoms with van der Waals surface area (Å²) in [6.45, 7) is 3.77. The third kappa shape index (κ3) is 2.73. The van der Waals surface area contributed by atoms with E-state index in [-0.39, 0.29) is 5.69 Å². The van der Waals surface area contributed by atoms with Crippen LogP contribution in [0.1, 0.15) is 36.6 Å². The van der Waals surface area contributed by atoms with Gasteiger partial charge in [-0.15, -0.1) is 0 Å². The molecule has 0 radical (unpaired) electrons. The molecule has 1 atom stereocenters. The maximum atomic E-state index is 12.5. The van der Waals surface area contributed by atoms with E-state index in [4.69, 9.17) is 4.74 Å². The molecule has 8 nitrogen and oxygen atoms in total. The summed E-state index contributed by atoms with van der Waals surface area (Å²) in [6.07, 6.45) is 0.670. The van der Waals surface area contributed by atoms with Crippen molar-refractivity contribution in [3.05, 3.63) is 62.5 Å². The Balaban J connectivity index is 2.29. The molecule has 26 heavy (non-hydrogen) atoms. The van der Waals surface area contributed by atoms with Crippen LogP contribution in [0.2, 0.25) is 0 Å². The number of aryl methyl sites for hydroxylation is 2. The number of fused-ring (bicyclic) bond motifs is 1. The molecule has 0 saturated heterocycles. The number of nitrogens with zero attached hydrogens (tertiary/aromatic N) is 3. The second-order valence-electron chi connectivity index (χ2n) is 6.13. The van der Waals surface area contributed by atoms with Crippen molar-refractivity contribution in [1.82, 2.24) is 9.78 Å². The van der Waals surface area contributed by atoms with Crippen LogP contribution in [0, 0.1) is 10.1 Å². The van der Waals surface area contributed by atoms with Crippen molar-refractivity contribution in [1.29, 1.82) is 0 Å².